The summed E-state index contributed by atoms with van der Waals surface area (Å²) in [5.41, 5.74) is -0.0925. The van der Waals surface area contributed by atoms with Gasteiger partial charge in [0.2, 0.25) is 0 Å². The molecular formula is C30H25N3O6. The number of ether oxygens (including phenoxy) is 1. The number of allylic oxidation sites excluding steroid dienone is 1. The van der Waals surface area contributed by atoms with Crippen LogP contribution in [0.2, 0.25) is 0 Å². The number of carbonyl (C=O) groups is 2. The minimum atomic E-state index is -1.75. The highest BCUT2D eigenvalue weighted by atomic mass is 16.6. The van der Waals surface area contributed by atoms with E-state index >= 15 is 0 Å². The van der Waals surface area contributed by atoms with Crippen molar-refractivity contribution in [3.05, 3.63) is 122 Å². The normalized spacial score (nSPS) is 22.0. The number of nitrogens with zero attached hydrogens (tertiary/aromatic N) is 3. The average Bonchev–Trinajstić information content (AvgIpc) is 3.34. The lowest BCUT2D eigenvalue weighted by Crippen LogP contribution is -2.43. The van der Waals surface area contributed by atoms with E-state index in [2.05, 4.69) is 5.10 Å². The van der Waals surface area contributed by atoms with E-state index in [-0.39, 0.29) is 11.4 Å². The van der Waals surface area contributed by atoms with Crippen molar-refractivity contribution in [2.24, 2.45) is 10.5 Å². The van der Waals surface area contributed by atoms with Gasteiger partial charge in [-0.2, -0.15) is 5.10 Å². The molecule has 2 aliphatic heterocycles. The first-order valence-electron chi connectivity index (χ1n) is 12.5. The fourth-order valence-corrected chi connectivity index (χ4v) is 6.06. The summed E-state index contributed by atoms with van der Waals surface area (Å²) < 4.78 is 5.91. The summed E-state index contributed by atoms with van der Waals surface area (Å²) in [5.74, 6) is -2.32. The van der Waals surface area contributed by atoms with Gasteiger partial charge >= 0.3 is 0 Å². The van der Waals surface area contributed by atoms with Crippen LogP contribution in [0.4, 0.5) is 5.69 Å². The maximum absolute atomic E-state index is 14.6. The van der Waals surface area contributed by atoms with Gasteiger partial charge in [0.05, 0.1) is 23.1 Å². The fraction of sp³-hybridized carbons (Fsp3) is 0.233. The lowest BCUT2D eigenvalue weighted by molar-refractivity contribution is -0.384. The molecule has 3 aliphatic rings. The number of hydrazone groups is 1. The molecule has 1 unspecified atom stereocenters. The van der Waals surface area contributed by atoms with Crippen LogP contribution in [-0.4, -0.2) is 38.4 Å². The van der Waals surface area contributed by atoms with Gasteiger partial charge in [0.25, 0.3) is 11.6 Å². The highest BCUT2D eigenvalue weighted by Gasteiger charge is 2.71. The Morgan fingerprint density at radius 3 is 2.15 bits per heavy atom. The largest absolute Gasteiger partial charge is 0.480 e. The van der Waals surface area contributed by atoms with Crippen molar-refractivity contribution in [2.45, 2.75) is 38.3 Å². The van der Waals surface area contributed by atoms with Crippen LogP contribution < -0.4 is 0 Å². The SMILES string of the molecule is CC(C)(C)O/C(O)=C1/[C@H](c2ccc([N+](=O)[O-])cc2)C2(C(=O)c3ccccc3C2=O)C2c3ccccc3C=NN12. The second-order valence-electron chi connectivity index (χ2n) is 10.9. The van der Waals surface area contributed by atoms with Crippen molar-refractivity contribution in [1.82, 2.24) is 5.01 Å². The first-order chi connectivity index (χ1) is 18.6. The Bertz CT molecular complexity index is 1580. The van der Waals surface area contributed by atoms with Crippen molar-refractivity contribution in [1.29, 1.82) is 0 Å². The van der Waals surface area contributed by atoms with E-state index in [1.807, 2.05) is 24.3 Å². The third kappa shape index (κ3) is 3.42. The van der Waals surface area contributed by atoms with E-state index < -0.39 is 45.4 Å². The smallest absolute Gasteiger partial charge is 0.300 e. The number of carbonyl (C=O) groups excluding carboxylic acids is 2. The molecule has 0 bridgehead atoms. The van der Waals surface area contributed by atoms with Gasteiger partial charge in [-0.1, -0.05) is 60.7 Å². The third-order valence-corrected chi connectivity index (χ3v) is 7.49. The molecule has 39 heavy (non-hydrogen) atoms. The van der Waals surface area contributed by atoms with Gasteiger partial charge in [-0.3, -0.25) is 24.7 Å². The number of ketones is 2. The Labute approximate surface area is 224 Å². The van der Waals surface area contributed by atoms with E-state index in [0.29, 0.717) is 22.3 Å². The van der Waals surface area contributed by atoms with Crippen LogP contribution in [0.1, 0.15) is 70.1 Å². The summed E-state index contributed by atoms with van der Waals surface area (Å²) in [6.45, 7) is 5.30. The zero-order valence-electron chi connectivity index (χ0n) is 21.5. The summed E-state index contributed by atoms with van der Waals surface area (Å²) in [6.07, 6.45) is 1.62. The zero-order chi connectivity index (χ0) is 27.7. The van der Waals surface area contributed by atoms with Crippen LogP contribution in [-0.2, 0) is 4.74 Å². The van der Waals surface area contributed by atoms with Crippen LogP contribution in [0.5, 0.6) is 0 Å². The Morgan fingerprint density at radius 2 is 1.56 bits per heavy atom. The van der Waals surface area contributed by atoms with Gasteiger partial charge in [-0.15, -0.1) is 0 Å². The van der Waals surface area contributed by atoms with Crippen molar-refractivity contribution in [3.8, 4) is 0 Å². The molecule has 9 heteroatoms. The second-order valence-corrected chi connectivity index (χ2v) is 10.9. The first-order valence-corrected chi connectivity index (χ1v) is 12.5. The predicted octanol–water partition coefficient (Wildman–Crippen LogP) is 5.69. The number of hydrogen-bond acceptors (Lipinski definition) is 8. The molecular weight excluding hydrogens is 498 g/mol. The molecule has 0 saturated carbocycles. The molecule has 1 spiro atoms. The molecule has 6 rings (SSSR count). The van der Waals surface area contributed by atoms with Crippen molar-refractivity contribution >= 4 is 23.5 Å². The van der Waals surface area contributed by atoms with E-state index in [4.69, 9.17) is 4.74 Å². The molecule has 3 aromatic rings. The van der Waals surface area contributed by atoms with Gasteiger partial charge in [-0.05, 0) is 37.5 Å². The van der Waals surface area contributed by atoms with Crippen LogP contribution in [0, 0.1) is 15.5 Å². The summed E-state index contributed by atoms with van der Waals surface area (Å²) in [6, 6.07) is 18.9. The summed E-state index contributed by atoms with van der Waals surface area (Å²) in [7, 11) is 0. The van der Waals surface area contributed by atoms with Crippen LogP contribution in [0.25, 0.3) is 0 Å². The maximum Gasteiger partial charge on any atom is 0.300 e. The lowest BCUT2D eigenvalue weighted by Gasteiger charge is -2.35. The highest BCUT2D eigenvalue weighted by Crippen LogP contribution is 2.66. The molecule has 2 heterocycles. The number of Topliss-reactive ketones (excluding diaryl/α,β-unsaturated/α-hetero) is 2. The molecule has 0 amide bonds. The van der Waals surface area contributed by atoms with E-state index in [1.165, 1.54) is 29.3 Å². The molecule has 0 radical (unpaired) electrons. The van der Waals surface area contributed by atoms with Crippen LogP contribution in [0.3, 0.4) is 0 Å². The van der Waals surface area contributed by atoms with Gasteiger partial charge in [0, 0.05) is 23.3 Å². The van der Waals surface area contributed by atoms with Gasteiger partial charge in [0.15, 0.2) is 11.6 Å². The van der Waals surface area contributed by atoms with E-state index in [1.54, 1.807) is 51.3 Å². The van der Waals surface area contributed by atoms with Crippen LogP contribution in [0.15, 0.2) is 89.5 Å². The quantitative estimate of drug-likeness (QED) is 0.202. The molecule has 0 aromatic heterocycles. The maximum atomic E-state index is 14.6. The molecule has 1 fully saturated rings. The lowest BCUT2D eigenvalue weighted by atomic mass is 9.64. The molecule has 2 atom stereocenters. The Balaban J connectivity index is 1.71. The minimum Gasteiger partial charge on any atom is -0.480 e. The van der Waals surface area contributed by atoms with Crippen molar-refractivity contribution < 1.29 is 24.4 Å². The number of hydrogen-bond donors (Lipinski definition) is 1. The van der Waals surface area contributed by atoms with Crippen molar-refractivity contribution in [2.75, 3.05) is 0 Å². The monoisotopic (exact) mass is 523 g/mol. The summed E-state index contributed by atoms with van der Waals surface area (Å²) >= 11 is 0. The topological polar surface area (TPSA) is 122 Å². The molecule has 9 nitrogen and oxygen atoms in total. The molecule has 3 aromatic carbocycles. The van der Waals surface area contributed by atoms with E-state index in [0.717, 1.165) is 5.56 Å². The number of benzene rings is 3. The zero-order valence-corrected chi connectivity index (χ0v) is 21.5. The number of nitro groups is 1. The van der Waals surface area contributed by atoms with Gasteiger partial charge in [0.1, 0.15) is 16.7 Å². The Morgan fingerprint density at radius 1 is 0.974 bits per heavy atom. The van der Waals surface area contributed by atoms with Crippen LogP contribution >= 0.6 is 0 Å². The van der Waals surface area contributed by atoms with Gasteiger partial charge in [-0.25, -0.2) is 0 Å². The molecule has 1 aliphatic carbocycles. The fourth-order valence-electron chi connectivity index (χ4n) is 6.06. The number of aliphatic hydroxyl groups excluding tert-OH is 1. The standard InChI is InChI=1S/C30H25N3O6/c1-29(2,3)39-28(36)24-23(17-12-14-19(15-13-17)33(37)38)30(26(34)21-10-6-7-11-22(21)27(30)35)25-20-9-5-4-8-18(20)16-31-32(24)25/h4-16,23,25,36H,1-3H3/b28-24-/t23-,25?/m0/s1. The Kier molecular flexibility index (Phi) is 5.26. The number of non-ortho nitro benzene ring substituents is 1. The molecule has 196 valence electrons. The second kappa shape index (κ2) is 8.36. The number of aliphatic hydroxyl groups is 1. The van der Waals surface area contributed by atoms with Gasteiger partial charge < -0.3 is 9.84 Å². The number of fused-ring (bicyclic) bond motifs is 5. The average molecular weight is 524 g/mol. The summed E-state index contributed by atoms with van der Waals surface area (Å²) in [4.78, 5) is 40.0. The third-order valence-electron chi connectivity index (χ3n) is 7.49. The predicted molar refractivity (Wildman–Crippen MR) is 142 cm³/mol. The number of nitro benzene ring substituents is 1. The molecule has 1 N–H and O–H groups in total. The Hall–Kier alpha value is -4.79. The number of rotatable bonds is 3. The highest BCUT2D eigenvalue weighted by molar-refractivity contribution is 6.31. The minimum absolute atomic E-state index is 0.139. The summed E-state index contributed by atoms with van der Waals surface area (Å²) in [5, 5.41) is 29.0. The molecule has 1 saturated heterocycles. The van der Waals surface area contributed by atoms with E-state index in [9.17, 15) is 24.8 Å². The van der Waals surface area contributed by atoms with Crippen molar-refractivity contribution in [3.63, 3.8) is 0 Å². The first kappa shape index (κ1) is 24.5.